The summed E-state index contributed by atoms with van der Waals surface area (Å²) in [7, 11) is 1.57. The Labute approximate surface area is 82.3 Å². The van der Waals surface area contributed by atoms with Crippen LogP contribution in [-0.4, -0.2) is 12.1 Å². The van der Waals surface area contributed by atoms with E-state index < -0.39 is 0 Å². The third kappa shape index (κ3) is 3.44. The Balaban J connectivity index is 2.73. The van der Waals surface area contributed by atoms with Crippen LogP contribution in [0.25, 0.3) is 6.08 Å². The summed E-state index contributed by atoms with van der Waals surface area (Å²) in [5.41, 5.74) is 4.60. The molecule has 13 heavy (non-hydrogen) atoms. The van der Waals surface area contributed by atoms with Crippen molar-refractivity contribution in [3.05, 3.63) is 34.7 Å². The first-order valence-electron chi connectivity index (χ1n) is 3.81. The van der Waals surface area contributed by atoms with Crippen LogP contribution in [0.2, 0.25) is 5.15 Å². The summed E-state index contributed by atoms with van der Waals surface area (Å²) in [6, 6.07) is 3.63. The van der Waals surface area contributed by atoms with Gasteiger partial charge in [0, 0.05) is 11.9 Å². The first-order valence-corrected chi connectivity index (χ1v) is 4.19. The summed E-state index contributed by atoms with van der Waals surface area (Å²) >= 11 is 5.64. The first kappa shape index (κ1) is 10.0. The highest BCUT2D eigenvalue weighted by Crippen LogP contribution is 2.07. The number of hydroxylamine groups is 1. The predicted molar refractivity (Wildman–Crippen MR) is 53.0 cm³/mol. The van der Waals surface area contributed by atoms with E-state index in [1.165, 1.54) is 0 Å². The van der Waals surface area contributed by atoms with Gasteiger partial charge in [-0.25, -0.2) is 4.98 Å². The summed E-state index contributed by atoms with van der Waals surface area (Å²) in [5, 5.41) is 0.495. The lowest BCUT2D eigenvalue weighted by molar-refractivity contribution is 0.119. The molecular weight excluding hydrogens is 188 g/mol. The third-order valence-corrected chi connectivity index (χ3v) is 1.62. The minimum absolute atomic E-state index is 0.495. The molecule has 1 aromatic heterocycles. The number of pyridine rings is 1. The van der Waals surface area contributed by atoms with Gasteiger partial charge in [-0.3, -0.25) is 10.3 Å². The van der Waals surface area contributed by atoms with Crippen molar-refractivity contribution >= 4 is 17.7 Å². The van der Waals surface area contributed by atoms with Crippen molar-refractivity contribution in [2.24, 2.45) is 0 Å². The van der Waals surface area contributed by atoms with Gasteiger partial charge in [-0.15, -0.1) is 0 Å². The third-order valence-electron chi connectivity index (χ3n) is 1.40. The predicted octanol–water partition coefficient (Wildman–Crippen LogP) is 2.25. The molecular formula is C9H11ClN2O. The fraction of sp³-hybridized carbons (Fsp3) is 0.222. The number of hydrogen-bond donors (Lipinski definition) is 1. The molecule has 0 fully saturated rings. The van der Waals surface area contributed by atoms with Gasteiger partial charge in [0.15, 0.2) is 0 Å². The van der Waals surface area contributed by atoms with E-state index in [1.54, 1.807) is 19.4 Å². The molecule has 0 unspecified atom stereocenters. The lowest BCUT2D eigenvalue weighted by Crippen LogP contribution is -2.07. The fourth-order valence-electron chi connectivity index (χ4n) is 0.913. The maximum atomic E-state index is 5.64. The maximum Gasteiger partial charge on any atom is 0.129 e. The molecule has 1 rings (SSSR count). The highest BCUT2D eigenvalue weighted by atomic mass is 35.5. The first-order chi connectivity index (χ1) is 6.22. The van der Waals surface area contributed by atoms with Gasteiger partial charge in [0.25, 0.3) is 0 Å². The molecule has 1 N–H and O–H groups in total. The second-order valence-corrected chi connectivity index (χ2v) is 2.94. The second-order valence-electron chi connectivity index (χ2n) is 2.55. The molecule has 0 radical (unpaired) electrons. The normalized spacial score (nSPS) is 11.5. The molecule has 0 atom stereocenters. The van der Waals surface area contributed by atoms with E-state index in [0.717, 1.165) is 11.3 Å². The van der Waals surface area contributed by atoms with Gasteiger partial charge in [-0.05, 0) is 24.6 Å². The van der Waals surface area contributed by atoms with Crippen molar-refractivity contribution in [2.75, 3.05) is 7.11 Å². The molecule has 1 aromatic rings. The van der Waals surface area contributed by atoms with Crippen molar-refractivity contribution in [1.82, 2.24) is 10.5 Å². The Morgan fingerprint density at radius 3 is 2.92 bits per heavy atom. The Hall–Kier alpha value is -1.06. The van der Waals surface area contributed by atoms with Crippen molar-refractivity contribution < 1.29 is 4.84 Å². The number of halogens is 1. The molecule has 0 amide bonds. The second kappa shape index (κ2) is 4.84. The zero-order valence-corrected chi connectivity index (χ0v) is 8.30. The van der Waals surface area contributed by atoms with E-state index in [1.807, 2.05) is 19.1 Å². The van der Waals surface area contributed by atoms with E-state index in [0.29, 0.717) is 5.15 Å². The molecule has 70 valence electrons. The van der Waals surface area contributed by atoms with Crippen LogP contribution in [-0.2, 0) is 4.84 Å². The molecule has 1 heterocycles. The number of nitrogens with one attached hydrogen (secondary N) is 1. The van der Waals surface area contributed by atoms with Crippen LogP contribution in [0.5, 0.6) is 0 Å². The monoisotopic (exact) mass is 198 g/mol. The van der Waals surface area contributed by atoms with Gasteiger partial charge in [0.05, 0.1) is 7.11 Å². The van der Waals surface area contributed by atoms with Gasteiger partial charge in [-0.2, -0.15) is 0 Å². The Morgan fingerprint density at radius 2 is 2.38 bits per heavy atom. The van der Waals surface area contributed by atoms with Crippen molar-refractivity contribution in [2.45, 2.75) is 6.92 Å². The Kier molecular flexibility index (Phi) is 3.73. The van der Waals surface area contributed by atoms with Gasteiger partial charge < -0.3 is 0 Å². The van der Waals surface area contributed by atoms with Crippen molar-refractivity contribution in [3.63, 3.8) is 0 Å². The molecule has 0 aliphatic heterocycles. The number of rotatable bonds is 3. The molecule has 0 saturated heterocycles. The van der Waals surface area contributed by atoms with Gasteiger partial charge in [0.1, 0.15) is 5.15 Å². The quantitative estimate of drug-likeness (QED) is 0.598. The number of allylic oxidation sites excluding steroid dienone is 1. The van der Waals surface area contributed by atoms with Crippen LogP contribution in [0.4, 0.5) is 0 Å². The van der Waals surface area contributed by atoms with Crippen LogP contribution in [0.15, 0.2) is 24.0 Å². The van der Waals surface area contributed by atoms with Crippen LogP contribution in [0.3, 0.4) is 0 Å². The van der Waals surface area contributed by atoms with Crippen LogP contribution >= 0.6 is 11.6 Å². The van der Waals surface area contributed by atoms with Crippen molar-refractivity contribution in [1.29, 1.82) is 0 Å². The average molecular weight is 199 g/mol. The van der Waals surface area contributed by atoms with E-state index in [-0.39, 0.29) is 0 Å². The van der Waals surface area contributed by atoms with E-state index >= 15 is 0 Å². The van der Waals surface area contributed by atoms with Crippen molar-refractivity contribution in [3.8, 4) is 0 Å². The smallest absolute Gasteiger partial charge is 0.129 e. The Bertz CT molecular complexity index is 295. The summed E-state index contributed by atoms with van der Waals surface area (Å²) < 4.78 is 0. The summed E-state index contributed by atoms with van der Waals surface area (Å²) in [6.07, 6.45) is 3.61. The van der Waals surface area contributed by atoms with Crippen LogP contribution < -0.4 is 5.48 Å². The van der Waals surface area contributed by atoms with Gasteiger partial charge in [-0.1, -0.05) is 17.7 Å². The minimum Gasteiger partial charge on any atom is -0.280 e. The Morgan fingerprint density at radius 1 is 1.62 bits per heavy atom. The zero-order valence-electron chi connectivity index (χ0n) is 7.54. The highest BCUT2D eigenvalue weighted by molar-refractivity contribution is 6.29. The number of hydrogen-bond acceptors (Lipinski definition) is 3. The molecule has 0 aliphatic carbocycles. The summed E-state index contributed by atoms with van der Waals surface area (Å²) in [4.78, 5) is 8.68. The summed E-state index contributed by atoms with van der Waals surface area (Å²) in [6.45, 7) is 1.90. The lowest BCUT2D eigenvalue weighted by atomic mass is 10.2. The maximum absolute atomic E-state index is 5.64. The highest BCUT2D eigenvalue weighted by Gasteiger charge is 1.91. The van der Waals surface area contributed by atoms with Crippen LogP contribution in [0, 0.1) is 0 Å². The molecule has 0 aromatic carbocycles. The minimum atomic E-state index is 0.495. The number of nitrogens with zero attached hydrogens (tertiary/aromatic N) is 1. The van der Waals surface area contributed by atoms with Crippen LogP contribution in [0.1, 0.15) is 12.5 Å². The largest absolute Gasteiger partial charge is 0.280 e. The van der Waals surface area contributed by atoms with Gasteiger partial charge >= 0.3 is 0 Å². The van der Waals surface area contributed by atoms with E-state index in [4.69, 9.17) is 16.4 Å². The molecule has 0 aliphatic rings. The fourth-order valence-corrected chi connectivity index (χ4v) is 1.02. The molecule has 4 heteroatoms. The molecule has 3 nitrogen and oxygen atoms in total. The molecule has 0 spiro atoms. The average Bonchev–Trinajstić information content (AvgIpc) is 2.09. The van der Waals surface area contributed by atoms with Gasteiger partial charge in [0.2, 0.25) is 0 Å². The lowest BCUT2D eigenvalue weighted by Gasteiger charge is -2.01. The standard InChI is InChI=1S/C9H11ClN2O/c1-7(12-13-2)5-8-3-4-9(10)11-6-8/h3-6,12H,1-2H3. The molecule has 0 saturated carbocycles. The molecule has 0 bridgehead atoms. The number of aromatic nitrogens is 1. The van der Waals surface area contributed by atoms with E-state index in [9.17, 15) is 0 Å². The zero-order chi connectivity index (χ0) is 9.68. The SMILES string of the molecule is CONC(C)=Cc1ccc(Cl)nc1. The topological polar surface area (TPSA) is 34.1 Å². The van der Waals surface area contributed by atoms with E-state index in [2.05, 4.69) is 10.5 Å². The summed E-state index contributed by atoms with van der Waals surface area (Å²) in [5.74, 6) is 0.